The Labute approximate surface area is 132 Å². The van der Waals surface area contributed by atoms with Crippen molar-refractivity contribution in [2.24, 2.45) is 11.8 Å². The largest absolute Gasteiger partial charge is 0.381 e. The van der Waals surface area contributed by atoms with Crippen molar-refractivity contribution < 1.29 is 9.53 Å². The maximum absolute atomic E-state index is 12.2. The molecule has 2 aliphatic rings. The molecule has 2 unspecified atom stereocenters. The molecule has 2 aliphatic heterocycles. The molecule has 0 bridgehead atoms. The summed E-state index contributed by atoms with van der Waals surface area (Å²) in [5.41, 5.74) is 1.19. The van der Waals surface area contributed by atoms with E-state index in [-0.39, 0.29) is 30.3 Å². The molecule has 0 saturated carbocycles. The average Bonchev–Trinajstić information content (AvgIpc) is 2.90. The topological polar surface area (TPSA) is 50.4 Å². The molecule has 2 saturated heterocycles. The van der Waals surface area contributed by atoms with Gasteiger partial charge in [-0.1, -0.05) is 30.3 Å². The van der Waals surface area contributed by atoms with Crippen molar-refractivity contribution >= 4 is 18.3 Å². The molecule has 5 heteroatoms. The van der Waals surface area contributed by atoms with Crippen LogP contribution in [0.25, 0.3) is 0 Å². The van der Waals surface area contributed by atoms with Crippen molar-refractivity contribution in [2.75, 3.05) is 26.3 Å². The molecule has 2 atom stereocenters. The molecule has 116 valence electrons. The number of rotatable bonds is 5. The van der Waals surface area contributed by atoms with Crippen LogP contribution in [0.1, 0.15) is 24.4 Å². The van der Waals surface area contributed by atoms with Gasteiger partial charge in [-0.25, -0.2) is 0 Å². The Bertz CT molecular complexity index is 445. The molecule has 0 aromatic heterocycles. The van der Waals surface area contributed by atoms with E-state index in [1.807, 2.05) is 18.2 Å². The van der Waals surface area contributed by atoms with Crippen molar-refractivity contribution in [1.82, 2.24) is 10.6 Å². The van der Waals surface area contributed by atoms with Crippen LogP contribution in [0.3, 0.4) is 0 Å². The first-order valence-corrected chi connectivity index (χ1v) is 7.46. The minimum absolute atomic E-state index is 0. The predicted molar refractivity (Wildman–Crippen MR) is 84.5 cm³/mol. The van der Waals surface area contributed by atoms with Gasteiger partial charge in [0.05, 0.1) is 12.0 Å². The molecule has 1 aromatic rings. The van der Waals surface area contributed by atoms with E-state index in [1.165, 1.54) is 5.56 Å². The first-order valence-electron chi connectivity index (χ1n) is 7.46. The van der Waals surface area contributed by atoms with Gasteiger partial charge >= 0.3 is 0 Å². The smallest absolute Gasteiger partial charge is 0.226 e. The zero-order valence-corrected chi connectivity index (χ0v) is 12.9. The van der Waals surface area contributed by atoms with Crippen LogP contribution in [-0.2, 0) is 9.53 Å². The SMILES string of the molecule is Cl.O=C(NC(CC1CCOC1)c1ccccc1)C1CNC1. The minimum Gasteiger partial charge on any atom is -0.381 e. The molecular weight excluding hydrogens is 288 g/mol. The minimum atomic E-state index is 0. The van der Waals surface area contributed by atoms with Gasteiger partial charge in [0.15, 0.2) is 0 Å². The standard InChI is InChI=1S/C16H22N2O2.ClH/c19-16(14-9-17-10-14)18-15(8-12-6-7-20-11-12)13-4-2-1-3-5-13;/h1-5,12,14-15,17H,6-11H2,(H,18,19);1H. The second-order valence-electron chi connectivity index (χ2n) is 5.79. The van der Waals surface area contributed by atoms with Crippen molar-refractivity contribution in [3.05, 3.63) is 35.9 Å². The quantitative estimate of drug-likeness (QED) is 0.873. The van der Waals surface area contributed by atoms with Crippen LogP contribution >= 0.6 is 12.4 Å². The van der Waals surface area contributed by atoms with Gasteiger partial charge in [0.1, 0.15) is 0 Å². The number of hydrogen-bond acceptors (Lipinski definition) is 3. The van der Waals surface area contributed by atoms with Gasteiger partial charge in [0.2, 0.25) is 5.91 Å². The molecule has 2 fully saturated rings. The predicted octanol–water partition coefficient (Wildman–Crippen LogP) is 1.91. The van der Waals surface area contributed by atoms with Crippen LogP contribution < -0.4 is 10.6 Å². The number of nitrogens with one attached hydrogen (secondary N) is 2. The van der Waals surface area contributed by atoms with E-state index in [0.717, 1.165) is 39.1 Å². The van der Waals surface area contributed by atoms with E-state index in [4.69, 9.17) is 4.74 Å². The summed E-state index contributed by atoms with van der Waals surface area (Å²) in [5.74, 6) is 0.873. The second kappa shape index (κ2) is 7.78. The molecule has 2 N–H and O–H groups in total. The molecule has 0 radical (unpaired) electrons. The highest BCUT2D eigenvalue weighted by Gasteiger charge is 2.29. The summed E-state index contributed by atoms with van der Waals surface area (Å²) in [6.07, 6.45) is 2.07. The van der Waals surface area contributed by atoms with Crippen molar-refractivity contribution in [3.63, 3.8) is 0 Å². The Morgan fingerprint density at radius 1 is 1.33 bits per heavy atom. The lowest BCUT2D eigenvalue weighted by Gasteiger charge is -2.29. The van der Waals surface area contributed by atoms with Gasteiger partial charge in [-0.05, 0) is 24.3 Å². The summed E-state index contributed by atoms with van der Waals surface area (Å²) in [4.78, 5) is 12.2. The molecule has 3 rings (SSSR count). The van der Waals surface area contributed by atoms with Crippen LogP contribution in [-0.4, -0.2) is 32.2 Å². The van der Waals surface area contributed by atoms with Crippen molar-refractivity contribution in [3.8, 4) is 0 Å². The van der Waals surface area contributed by atoms with Crippen LogP contribution in [0.4, 0.5) is 0 Å². The Morgan fingerprint density at radius 2 is 2.10 bits per heavy atom. The fourth-order valence-corrected chi connectivity index (χ4v) is 2.83. The highest BCUT2D eigenvalue weighted by molar-refractivity contribution is 5.85. The molecule has 1 aromatic carbocycles. The van der Waals surface area contributed by atoms with E-state index in [0.29, 0.717) is 5.92 Å². The normalized spacial score (nSPS) is 23.0. The van der Waals surface area contributed by atoms with E-state index in [1.54, 1.807) is 0 Å². The molecule has 2 heterocycles. The maximum Gasteiger partial charge on any atom is 0.226 e. The highest BCUT2D eigenvalue weighted by Crippen LogP contribution is 2.27. The summed E-state index contributed by atoms with van der Waals surface area (Å²) >= 11 is 0. The number of carbonyl (C=O) groups is 1. The Hall–Kier alpha value is -1.10. The fourth-order valence-electron chi connectivity index (χ4n) is 2.83. The number of benzene rings is 1. The second-order valence-corrected chi connectivity index (χ2v) is 5.79. The van der Waals surface area contributed by atoms with E-state index in [2.05, 4.69) is 22.8 Å². The van der Waals surface area contributed by atoms with Crippen LogP contribution in [0.5, 0.6) is 0 Å². The summed E-state index contributed by atoms with van der Waals surface area (Å²) in [6.45, 7) is 3.29. The Balaban J connectivity index is 0.00000161. The Kier molecular flexibility index (Phi) is 6.03. The molecule has 21 heavy (non-hydrogen) atoms. The number of amides is 1. The molecule has 0 spiro atoms. The third-order valence-electron chi connectivity index (χ3n) is 4.26. The Morgan fingerprint density at radius 3 is 2.67 bits per heavy atom. The molecular formula is C16H23ClN2O2. The summed E-state index contributed by atoms with van der Waals surface area (Å²) in [5, 5.41) is 6.38. The van der Waals surface area contributed by atoms with Crippen LogP contribution in [0, 0.1) is 11.8 Å². The maximum atomic E-state index is 12.2. The lowest BCUT2D eigenvalue weighted by atomic mass is 9.93. The highest BCUT2D eigenvalue weighted by atomic mass is 35.5. The van der Waals surface area contributed by atoms with Gasteiger partial charge < -0.3 is 15.4 Å². The van der Waals surface area contributed by atoms with Crippen molar-refractivity contribution in [2.45, 2.75) is 18.9 Å². The van der Waals surface area contributed by atoms with Crippen molar-refractivity contribution in [1.29, 1.82) is 0 Å². The first-order chi connectivity index (χ1) is 9.83. The van der Waals surface area contributed by atoms with Gasteiger partial charge in [0, 0.05) is 26.3 Å². The third kappa shape index (κ3) is 4.19. The van der Waals surface area contributed by atoms with E-state index < -0.39 is 0 Å². The number of hydrogen-bond donors (Lipinski definition) is 2. The lowest BCUT2D eigenvalue weighted by Crippen LogP contribution is -2.51. The summed E-state index contributed by atoms with van der Waals surface area (Å²) in [6, 6.07) is 10.4. The van der Waals surface area contributed by atoms with Gasteiger partial charge in [-0.15, -0.1) is 12.4 Å². The molecule has 1 amide bonds. The van der Waals surface area contributed by atoms with Gasteiger partial charge in [-0.3, -0.25) is 4.79 Å². The van der Waals surface area contributed by atoms with Gasteiger partial charge in [0.25, 0.3) is 0 Å². The zero-order chi connectivity index (χ0) is 13.8. The van der Waals surface area contributed by atoms with Crippen LogP contribution in [0.2, 0.25) is 0 Å². The summed E-state index contributed by atoms with van der Waals surface area (Å²) < 4.78 is 5.46. The molecule has 0 aliphatic carbocycles. The van der Waals surface area contributed by atoms with E-state index in [9.17, 15) is 4.79 Å². The first kappa shape index (κ1) is 16.3. The number of ether oxygens (including phenoxy) is 1. The van der Waals surface area contributed by atoms with Crippen LogP contribution in [0.15, 0.2) is 30.3 Å². The number of carbonyl (C=O) groups excluding carboxylic acids is 1. The fraction of sp³-hybridized carbons (Fsp3) is 0.562. The lowest BCUT2D eigenvalue weighted by molar-refractivity contribution is -0.127. The zero-order valence-electron chi connectivity index (χ0n) is 12.1. The summed E-state index contributed by atoms with van der Waals surface area (Å²) in [7, 11) is 0. The van der Waals surface area contributed by atoms with Gasteiger partial charge in [-0.2, -0.15) is 0 Å². The average molecular weight is 311 g/mol. The third-order valence-corrected chi connectivity index (χ3v) is 4.26. The molecule has 4 nitrogen and oxygen atoms in total. The van der Waals surface area contributed by atoms with E-state index >= 15 is 0 Å². The number of halogens is 1. The monoisotopic (exact) mass is 310 g/mol.